The van der Waals surface area contributed by atoms with Crippen LogP contribution in [0, 0.1) is 0 Å². The van der Waals surface area contributed by atoms with E-state index in [1.54, 1.807) is 18.3 Å². The third-order valence-electron chi connectivity index (χ3n) is 2.03. The van der Waals surface area contributed by atoms with Gasteiger partial charge in [0.2, 0.25) is 5.88 Å². The lowest BCUT2D eigenvalue weighted by Crippen LogP contribution is -2.27. The van der Waals surface area contributed by atoms with Crippen LogP contribution in [0.5, 0.6) is 5.88 Å². The summed E-state index contributed by atoms with van der Waals surface area (Å²) in [7, 11) is 0. The van der Waals surface area contributed by atoms with Gasteiger partial charge in [-0.25, -0.2) is 4.98 Å². The second-order valence-corrected chi connectivity index (χ2v) is 5.47. The highest BCUT2D eigenvalue weighted by atomic mass is 16.5. The van der Waals surface area contributed by atoms with Gasteiger partial charge in [0, 0.05) is 6.20 Å². The molecule has 0 bridgehead atoms. The maximum absolute atomic E-state index is 11.8. The molecule has 0 aromatic carbocycles. The van der Waals surface area contributed by atoms with Crippen molar-refractivity contribution in [1.82, 2.24) is 4.98 Å². The van der Waals surface area contributed by atoms with Gasteiger partial charge < -0.3 is 14.8 Å². The minimum absolute atomic E-state index is 0.000483. The minimum atomic E-state index is -0.344. The number of nitrogens with zero attached hydrogens (tertiary/aromatic N) is 1. The van der Waals surface area contributed by atoms with E-state index >= 15 is 0 Å². The van der Waals surface area contributed by atoms with Crippen molar-refractivity contribution in [3.63, 3.8) is 0 Å². The summed E-state index contributed by atoms with van der Waals surface area (Å²) in [6, 6.07) is 3.49. The SMILES string of the molecule is CC(C)Oc1ncccc1NC(=O)COC(C)(C)C. The first-order chi connectivity index (χ1) is 8.78. The number of hydrogen-bond acceptors (Lipinski definition) is 4. The number of aromatic nitrogens is 1. The Morgan fingerprint density at radius 1 is 1.42 bits per heavy atom. The van der Waals surface area contributed by atoms with Gasteiger partial charge in [0.25, 0.3) is 5.91 Å². The van der Waals surface area contributed by atoms with Crippen LogP contribution >= 0.6 is 0 Å². The predicted molar refractivity (Wildman–Crippen MR) is 74.3 cm³/mol. The van der Waals surface area contributed by atoms with Crippen LogP contribution in [0.3, 0.4) is 0 Å². The fourth-order valence-electron chi connectivity index (χ4n) is 1.27. The van der Waals surface area contributed by atoms with Gasteiger partial charge in [0.05, 0.1) is 11.7 Å². The Balaban J connectivity index is 2.63. The van der Waals surface area contributed by atoms with Gasteiger partial charge in [-0.1, -0.05) is 0 Å². The summed E-state index contributed by atoms with van der Waals surface area (Å²) in [5, 5.41) is 2.74. The molecule has 1 heterocycles. The average molecular weight is 266 g/mol. The van der Waals surface area contributed by atoms with E-state index in [1.807, 2.05) is 34.6 Å². The molecule has 5 heteroatoms. The molecule has 0 spiro atoms. The van der Waals surface area contributed by atoms with Crippen molar-refractivity contribution in [2.45, 2.75) is 46.3 Å². The molecule has 0 saturated heterocycles. The number of rotatable bonds is 5. The van der Waals surface area contributed by atoms with Crippen LogP contribution in [0.4, 0.5) is 5.69 Å². The van der Waals surface area contributed by atoms with Gasteiger partial charge in [-0.05, 0) is 46.8 Å². The maximum Gasteiger partial charge on any atom is 0.250 e. The zero-order valence-electron chi connectivity index (χ0n) is 12.2. The van der Waals surface area contributed by atoms with E-state index in [1.165, 1.54) is 0 Å². The molecule has 1 amide bonds. The highest BCUT2D eigenvalue weighted by Gasteiger charge is 2.14. The van der Waals surface area contributed by atoms with Gasteiger partial charge in [0.15, 0.2) is 0 Å². The summed E-state index contributed by atoms with van der Waals surface area (Å²) < 4.78 is 10.9. The minimum Gasteiger partial charge on any atom is -0.473 e. The van der Waals surface area contributed by atoms with E-state index in [0.29, 0.717) is 11.6 Å². The first kappa shape index (κ1) is 15.4. The molecule has 0 radical (unpaired) electrons. The fraction of sp³-hybridized carbons (Fsp3) is 0.571. The Kier molecular flexibility index (Phi) is 5.30. The van der Waals surface area contributed by atoms with Crippen LogP contribution in [0.2, 0.25) is 0 Å². The van der Waals surface area contributed by atoms with Crippen molar-refractivity contribution >= 4 is 11.6 Å². The molecule has 19 heavy (non-hydrogen) atoms. The molecule has 0 aliphatic heterocycles. The topological polar surface area (TPSA) is 60.5 Å². The largest absolute Gasteiger partial charge is 0.473 e. The Bertz CT molecular complexity index is 425. The second-order valence-electron chi connectivity index (χ2n) is 5.47. The monoisotopic (exact) mass is 266 g/mol. The smallest absolute Gasteiger partial charge is 0.250 e. The third-order valence-corrected chi connectivity index (χ3v) is 2.03. The summed E-state index contributed by atoms with van der Waals surface area (Å²) in [6.07, 6.45) is 1.62. The Hall–Kier alpha value is -1.62. The van der Waals surface area contributed by atoms with E-state index in [-0.39, 0.29) is 24.2 Å². The van der Waals surface area contributed by atoms with Crippen molar-refractivity contribution in [3.05, 3.63) is 18.3 Å². The first-order valence-corrected chi connectivity index (χ1v) is 6.33. The molecule has 0 aliphatic rings. The summed E-state index contributed by atoms with van der Waals surface area (Å²) in [5.41, 5.74) is 0.211. The van der Waals surface area contributed by atoms with Crippen LogP contribution in [-0.2, 0) is 9.53 Å². The van der Waals surface area contributed by atoms with Gasteiger partial charge in [-0.3, -0.25) is 4.79 Å². The molecule has 0 unspecified atom stereocenters. The Labute approximate surface area is 114 Å². The molecule has 0 atom stereocenters. The van der Waals surface area contributed by atoms with E-state index < -0.39 is 0 Å². The molecule has 0 fully saturated rings. The Morgan fingerprint density at radius 3 is 2.68 bits per heavy atom. The van der Waals surface area contributed by atoms with Crippen LogP contribution < -0.4 is 10.1 Å². The molecule has 1 N–H and O–H groups in total. The van der Waals surface area contributed by atoms with E-state index in [0.717, 1.165) is 0 Å². The van der Waals surface area contributed by atoms with Crippen molar-refractivity contribution in [2.24, 2.45) is 0 Å². The predicted octanol–water partition coefficient (Wildman–Crippen LogP) is 2.62. The molecule has 1 rings (SSSR count). The van der Waals surface area contributed by atoms with Crippen LogP contribution in [-0.4, -0.2) is 29.2 Å². The number of anilines is 1. The highest BCUT2D eigenvalue weighted by molar-refractivity contribution is 5.92. The average Bonchev–Trinajstić information content (AvgIpc) is 2.27. The number of ether oxygens (including phenoxy) is 2. The van der Waals surface area contributed by atoms with Crippen LogP contribution in [0.25, 0.3) is 0 Å². The summed E-state index contributed by atoms with van der Waals surface area (Å²) >= 11 is 0. The quantitative estimate of drug-likeness (QED) is 0.890. The summed E-state index contributed by atoms with van der Waals surface area (Å²) in [5.74, 6) is 0.193. The zero-order valence-corrected chi connectivity index (χ0v) is 12.2. The van der Waals surface area contributed by atoms with Crippen LogP contribution in [0.15, 0.2) is 18.3 Å². The van der Waals surface area contributed by atoms with Gasteiger partial charge >= 0.3 is 0 Å². The second kappa shape index (κ2) is 6.52. The highest BCUT2D eigenvalue weighted by Crippen LogP contribution is 2.21. The molecular weight excluding hydrogens is 244 g/mol. The zero-order chi connectivity index (χ0) is 14.5. The van der Waals surface area contributed by atoms with Crippen molar-refractivity contribution in [2.75, 3.05) is 11.9 Å². The summed E-state index contributed by atoms with van der Waals surface area (Å²) in [6.45, 7) is 9.51. The van der Waals surface area contributed by atoms with Gasteiger partial charge in [0.1, 0.15) is 12.3 Å². The van der Waals surface area contributed by atoms with E-state index in [4.69, 9.17) is 9.47 Å². The number of nitrogens with one attached hydrogen (secondary N) is 1. The number of carbonyl (C=O) groups is 1. The summed E-state index contributed by atoms with van der Waals surface area (Å²) in [4.78, 5) is 15.9. The van der Waals surface area contributed by atoms with Gasteiger partial charge in [-0.15, -0.1) is 0 Å². The van der Waals surface area contributed by atoms with E-state index in [9.17, 15) is 4.79 Å². The number of amides is 1. The lowest BCUT2D eigenvalue weighted by Gasteiger charge is -2.19. The third kappa shape index (κ3) is 6.20. The first-order valence-electron chi connectivity index (χ1n) is 6.33. The molecular formula is C14H22N2O3. The number of carbonyl (C=O) groups excluding carboxylic acids is 1. The normalized spacial score (nSPS) is 11.5. The molecule has 0 aliphatic carbocycles. The van der Waals surface area contributed by atoms with Crippen molar-refractivity contribution in [1.29, 1.82) is 0 Å². The van der Waals surface area contributed by atoms with Crippen molar-refractivity contribution in [3.8, 4) is 5.88 Å². The standard InChI is InChI=1S/C14H22N2O3/c1-10(2)19-13-11(7-6-8-15-13)16-12(17)9-18-14(3,4)5/h6-8,10H,9H2,1-5H3,(H,16,17). The van der Waals surface area contributed by atoms with E-state index in [2.05, 4.69) is 10.3 Å². The number of hydrogen-bond donors (Lipinski definition) is 1. The molecule has 106 valence electrons. The molecule has 1 aromatic rings. The molecule has 1 aromatic heterocycles. The Morgan fingerprint density at radius 2 is 2.11 bits per heavy atom. The van der Waals surface area contributed by atoms with Crippen molar-refractivity contribution < 1.29 is 14.3 Å². The van der Waals surface area contributed by atoms with Gasteiger partial charge in [-0.2, -0.15) is 0 Å². The molecule has 5 nitrogen and oxygen atoms in total. The fourth-order valence-corrected chi connectivity index (χ4v) is 1.27. The lowest BCUT2D eigenvalue weighted by atomic mass is 10.2. The molecule has 0 saturated carbocycles. The number of pyridine rings is 1. The maximum atomic E-state index is 11.8. The van der Waals surface area contributed by atoms with Crippen LogP contribution in [0.1, 0.15) is 34.6 Å². The lowest BCUT2D eigenvalue weighted by molar-refractivity contribution is -0.125.